The number of carbonyl (C=O) groups is 1. The summed E-state index contributed by atoms with van der Waals surface area (Å²) in [6.07, 6.45) is 0. The fourth-order valence-electron chi connectivity index (χ4n) is 3.05. The molecule has 0 spiro atoms. The van der Waals surface area contributed by atoms with Gasteiger partial charge in [0.15, 0.2) is 0 Å². The van der Waals surface area contributed by atoms with Gasteiger partial charge in [-0.05, 0) is 48.5 Å². The van der Waals surface area contributed by atoms with Crippen LogP contribution in [0.25, 0.3) is 0 Å². The van der Waals surface area contributed by atoms with E-state index in [2.05, 4.69) is 5.32 Å². The lowest BCUT2D eigenvalue weighted by Gasteiger charge is -2.24. The Morgan fingerprint density at radius 1 is 0.909 bits per heavy atom. The zero-order chi connectivity index (χ0) is 24.0. The molecule has 0 saturated carbocycles. The zero-order valence-electron chi connectivity index (χ0n) is 18.2. The number of sulfonamides is 1. The number of benzene rings is 3. The van der Waals surface area contributed by atoms with E-state index in [1.54, 1.807) is 18.2 Å². The van der Waals surface area contributed by atoms with Gasteiger partial charge in [-0.15, -0.1) is 0 Å². The Balaban J connectivity index is 1.95. The highest BCUT2D eigenvalue weighted by molar-refractivity contribution is 7.92. The van der Waals surface area contributed by atoms with Crippen molar-refractivity contribution in [1.29, 1.82) is 0 Å². The van der Waals surface area contributed by atoms with Crippen LogP contribution >= 0.6 is 0 Å². The smallest absolute Gasteiger partial charge is 0.264 e. The molecule has 0 heterocycles. The van der Waals surface area contributed by atoms with Crippen molar-refractivity contribution >= 4 is 27.3 Å². The molecule has 0 fully saturated rings. The van der Waals surface area contributed by atoms with Crippen LogP contribution in [0.2, 0.25) is 0 Å². The summed E-state index contributed by atoms with van der Waals surface area (Å²) in [5.74, 6) is -0.197. The number of nitrogens with zero attached hydrogens (tertiary/aromatic N) is 1. The third-order valence-corrected chi connectivity index (χ3v) is 6.51. The van der Waals surface area contributed by atoms with E-state index in [-0.39, 0.29) is 10.6 Å². The van der Waals surface area contributed by atoms with E-state index in [1.165, 1.54) is 63.8 Å². The molecule has 10 heteroatoms. The van der Waals surface area contributed by atoms with Crippen molar-refractivity contribution in [3.8, 4) is 17.2 Å². The predicted octanol–water partition coefficient (Wildman–Crippen LogP) is 3.69. The molecule has 0 aromatic heterocycles. The minimum atomic E-state index is -4.29. The maximum atomic E-state index is 14.6. The number of ether oxygens (including phenoxy) is 3. The Morgan fingerprint density at radius 2 is 1.55 bits per heavy atom. The number of nitrogens with one attached hydrogen (secondary N) is 1. The van der Waals surface area contributed by atoms with Gasteiger partial charge < -0.3 is 19.5 Å². The predicted molar refractivity (Wildman–Crippen MR) is 122 cm³/mol. The number of methoxy groups -OCH3 is 3. The number of hydrogen-bond acceptors (Lipinski definition) is 6. The molecule has 1 N–H and O–H groups in total. The summed E-state index contributed by atoms with van der Waals surface area (Å²) in [6.45, 7) is -0.676. The Kier molecular flexibility index (Phi) is 7.39. The summed E-state index contributed by atoms with van der Waals surface area (Å²) in [7, 11) is 0.0720. The highest BCUT2D eigenvalue weighted by Gasteiger charge is 2.29. The summed E-state index contributed by atoms with van der Waals surface area (Å²) in [4.78, 5) is 12.7. The molecule has 3 rings (SSSR count). The quantitative estimate of drug-likeness (QED) is 0.509. The molecular formula is C23H23FN2O6S. The van der Waals surface area contributed by atoms with Gasteiger partial charge in [0.1, 0.15) is 29.6 Å². The van der Waals surface area contributed by atoms with Crippen LogP contribution in [0.3, 0.4) is 0 Å². The highest BCUT2D eigenvalue weighted by Crippen LogP contribution is 2.30. The molecule has 0 saturated heterocycles. The van der Waals surface area contributed by atoms with Gasteiger partial charge in [-0.25, -0.2) is 12.8 Å². The van der Waals surface area contributed by atoms with Crippen LogP contribution in [-0.4, -0.2) is 42.2 Å². The number of para-hydroxylation sites is 1. The van der Waals surface area contributed by atoms with Crippen molar-refractivity contribution in [2.75, 3.05) is 37.5 Å². The van der Waals surface area contributed by atoms with E-state index >= 15 is 0 Å². The van der Waals surface area contributed by atoms with E-state index in [1.807, 2.05) is 0 Å². The lowest BCUT2D eigenvalue weighted by Crippen LogP contribution is -2.38. The summed E-state index contributed by atoms with van der Waals surface area (Å²) >= 11 is 0. The van der Waals surface area contributed by atoms with Gasteiger partial charge in [-0.3, -0.25) is 9.10 Å². The number of anilines is 2. The van der Waals surface area contributed by atoms with Crippen molar-refractivity contribution in [3.05, 3.63) is 72.5 Å². The molecule has 8 nitrogen and oxygen atoms in total. The fourth-order valence-corrected chi connectivity index (χ4v) is 4.48. The Morgan fingerprint density at radius 3 is 2.15 bits per heavy atom. The van der Waals surface area contributed by atoms with Crippen LogP contribution in [-0.2, 0) is 14.8 Å². The topological polar surface area (TPSA) is 94.2 Å². The number of rotatable bonds is 9. The first-order valence-electron chi connectivity index (χ1n) is 9.73. The summed E-state index contributed by atoms with van der Waals surface area (Å²) in [5, 5.41) is 2.61. The molecule has 0 aliphatic carbocycles. The van der Waals surface area contributed by atoms with Gasteiger partial charge in [0.25, 0.3) is 10.0 Å². The maximum absolute atomic E-state index is 14.6. The maximum Gasteiger partial charge on any atom is 0.264 e. The molecule has 0 aliphatic rings. The molecule has 3 aromatic carbocycles. The van der Waals surface area contributed by atoms with Gasteiger partial charge in [-0.2, -0.15) is 0 Å². The van der Waals surface area contributed by atoms with Gasteiger partial charge in [0.05, 0.1) is 37.6 Å². The Labute approximate surface area is 191 Å². The highest BCUT2D eigenvalue weighted by atomic mass is 32.2. The fraction of sp³-hybridized carbons (Fsp3) is 0.174. The van der Waals surface area contributed by atoms with Crippen molar-refractivity contribution in [2.24, 2.45) is 0 Å². The van der Waals surface area contributed by atoms with E-state index in [4.69, 9.17) is 14.2 Å². The Hall–Kier alpha value is -3.79. The third kappa shape index (κ3) is 5.35. The van der Waals surface area contributed by atoms with Crippen molar-refractivity contribution in [3.63, 3.8) is 0 Å². The standard InChI is InChI=1S/C23H23FN2O6S/c1-30-16-8-11-18(12-9-16)33(28,29)26(21-7-5-4-6-19(21)24)15-23(27)25-20-13-10-17(31-2)14-22(20)32-3/h4-14H,15H2,1-3H3,(H,25,27). The SMILES string of the molecule is COc1ccc(S(=O)(=O)N(CC(=O)Nc2ccc(OC)cc2OC)c2ccccc2F)cc1. The van der Waals surface area contributed by atoms with Crippen LogP contribution in [0, 0.1) is 5.82 Å². The molecule has 1 amide bonds. The number of hydrogen-bond donors (Lipinski definition) is 1. The number of amides is 1. The van der Waals surface area contributed by atoms with Gasteiger partial charge in [-0.1, -0.05) is 12.1 Å². The first-order valence-corrected chi connectivity index (χ1v) is 11.2. The first kappa shape index (κ1) is 23.9. The molecular weight excluding hydrogens is 451 g/mol. The molecule has 33 heavy (non-hydrogen) atoms. The lowest BCUT2D eigenvalue weighted by atomic mass is 10.2. The molecule has 0 aliphatic heterocycles. The monoisotopic (exact) mass is 474 g/mol. The summed E-state index contributed by atoms with van der Waals surface area (Å²) < 4.78 is 57.5. The summed E-state index contributed by atoms with van der Waals surface area (Å²) in [6, 6.07) is 15.6. The largest absolute Gasteiger partial charge is 0.497 e. The van der Waals surface area contributed by atoms with E-state index < -0.39 is 28.3 Å². The summed E-state index contributed by atoms with van der Waals surface area (Å²) in [5.41, 5.74) is 0.0452. The van der Waals surface area contributed by atoms with Crippen LogP contribution < -0.4 is 23.8 Å². The lowest BCUT2D eigenvalue weighted by molar-refractivity contribution is -0.114. The molecule has 0 radical (unpaired) electrons. The van der Waals surface area contributed by atoms with Gasteiger partial charge in [0, 0.05) is 6.07 Å². The first-order chi connectivity index (χ1) is 15.8. The van der Waals surface area contributed by atoms with E-state index in [0.717, 1.165) is 10.4 Å². The van der Waals surface area contributed by atoms with E-state index in [0.29, 0.717) is 22.9 Å². The van der Waals surface area contributed by atoms with Crippen LogP contribution in [0.15, 0.2) is 71.6 Å². The van der Waals surface area contributed by atoms with Crippen molar-refractivity contribution < 1.29 is 31.8 Å². The second kappa shape index (κ2) is 10.2. The number of halogens is 1. The minimum Gasteiger partial charge on any atom is -0.497 e. The minimum absolute atomic E-state index is 0.124. The average molecular weight is 475 g/mol. The Bertz CT molecular complexity index is 1230. The van der Waals surface area contributed by atoms with Gasteiger partial charge >= 0.3 is 0 Å². The third-order valence-electron chi connectivity index (χ3n) is 4.74. The second-order valence-electron chi connectivity index (χ2n) is 6.75. The van der Waals surface area contributed by atoms with Crippen molar-refractivity contribution in [2.45, 2.75) is 4.90 Å². The normalized spacial score (nSPS) is 10.9. The molecule has 174 valence electrons. The second-order valence-corrected chi connectivity index (χ2v) is 8.62. The molecule has 0 atom stereocenters. The molecule has 3 aromatic rings. The van der Waals surface area contributed by atoms with Crippen LogP contribution in [0.1, 0.15) is 0 Å². The molecule has 0 bridgehead atoms. The average Bonchev–Trinajstić information content (AvgIpc) is 2.83. The number of carbonyl (C=O) groups excluding carboxylic acids is 1. The van der Waals surface area contributed by atoms with Crippen LogP contribution in [0.4, 0.5) is 15.8 Å². The molecule has 0 unspecified atom stereocenters. The van der Waals surface area contributed by atoms with Crippen LogP contribution in [0.5, 0.6) is 17.2 Å². The zero-order valence-corrected chi connectivity index (χ0v) is 19.1. The van der Waals surface area contributed by atoms with E-state index in [9.17, 15) is 17.6 Å². The van der Waals surface area contributed by atoms with Crippen molar-refractivity contribution in [1.82, 2.24) is 0 Å². The van der Waals surface area contributed by atoms with Gasteiger partial charge in [0.2, 0.25) is 5.91 Å².